The first-order valence-electron chi connectivity index (χ1n) is 6.05. The molecule has 0 heterocycles. The number of hydrogen-bond acceptors (Lipinski definition) is 2. The molecule has 1 aromatic carbocycles. The Morgan fingerprint density at radius 2 is 2.17 bits per heavy atom. The lowest BCUT2D eigenvalue weighted by molar-refractivity contribution is 0.597. The number of alkyl halides is 1. The first-order valence-corrected chi connectivity index (χ1v) is 6.58. The predicted molar refractivity (Wildman–Crippen MR) is 73.2 cm³/mol. The Bertz CT molecular complexity index is 426. The van der Waals surface area contributed by atoms with E-state index < -0.39 is 0 Å². The number of hydrogen-bond donors (Lipinski definition) is 0. The summed E-state index contributed by atoms with van der Waals surface area (Å²) >= 11 is 5.82. The molecule has 0 unspecified atom stereocenters. The second-order valence-corrected chi connectivity index (χ2v) is 4.89. The summed E-state index contributed by atoms with van der Waals surface area (Å²) in [7, 11) is 0. The molecule has 0 aliphatic rings. The minimum absolute atomic E-state index is 0.142. The molecular formula is C14H18ClFN2. The van der Waals surface area contributed by atoms with E-state index >= 15 is 0 Å². The van der Waals surface area contributed by atoms with Crippen molar-refractivity contribution in [2.45, 2.75) is 26.1 Å². The maximum absolute atomic E-state index is 13.7. The highest BCUT2D eigenvalue weighted by Crippen LogP contribution is 2.26. The number of halogens is 2. The number of benzene rings is 1. The van der Waals surface area contributed by atoms with Crippen LogP contribution in [0.1, 0.15) is 25.8 Å². The molecule has 0 bridgehead atoms. The quantitative estimate of drug-likeness (QED) is 0.731. The summed E-state index contributed by atoms with van der Waals surface area (Å²) in [5.74, 6) is 0.298. The van der Waals surface area contributed by atoms with Crippen LogP contribution in [0.25, 0.3) is 0 Å². The molecule has 0 atom stereocenters. The van der Waals surface area contributed by atoms with E-state index in [-0.39, 0.29) is 11.7 Å². The van der Waals surface area contributed by atoms with Crippen LogP contribution in [0.5, 0.6) is 0 Å². The maximum Gasteiger partial charge on any atom is 0.129 e. The van der Waals surface area contributed by atoms with Crippen molar-refractivity contribution < 1.29 is 4.39 Å². The molecule has 18 heavy (non-hydrogen) atoms. The highest BCUT2D eigenvalue weighted by Gasteiger charge is 2.14. The van der Waals surface area contributed by atoms with Gasteiger partial charge in [0.2, 0.25) is 0 Å². The minimum Gasteiger partial charge on any atom is -0.370 e. The lowest BCUT2D eigenvalue weighted by atomic mass is 10.1. The molecule has 0 aromatic heterocycles. The normalized spacial score (nSPS) is 10.4. The van der Waals surface area contributed by atoms with E-state index in [1.807, 2.05) is 11.0 Å². The van der Waals surface area contributed by atoms with E-state index in [0.29, 0.717) is 24.4 Å². The fraction of sp³-hybridized carbons (Fsp3) is 0.500. The highest BCUT2D eigenvalue weighted by atomic mass is 35.5. The summed E-state index contributed by atoms with van der Waals surface area (Å²) in [5.41, 5.74) is 1.31. The molecule has 0 radical (unpaired) electrons. The molecule has 98 valence electrons. The van der Waals surface area contributed by atoms with Gasteiger partial charge in [0, 0.05) is 24.3 Å². The summed E-state index contributed by atoms with van der Waals surface area (Å²) in [5, 5.41) is 8.70. The fourth-order valence-corrected chi connectivity index (χ4v) is 2.18. The second kappa shape index (κ2) is 7.23. The van der Waals surface area contributed by atoms with E-state index in [4.69, 9.17) is 16.9 Å². The van der Waals surface area contributed by atoms with E-state index in [2.05, 4.69) is 19.9 Å². The Balaban J connectivity index is 3.04. The average molecular weight is 269 g/mol. The van der Waals surface area contributed by atoms with Crippen LogP contribution in [0.2, 0.25) is 0 Å². The van der Waals surface area contributed by atoms with E-state index in [0.717, 1.165) is 12.2 Å². The van der Waals surface area contributed by atoms with Crippen molar-refractivity contribution in [1.29, 1.82) is 5.26 Å². The van der Waals surface area contributed by atoms with Crippen LogP contribution in [-0.2, 0) is 5.88 Å². The number of rotatable bonds is 6. The molecule has 0 aliphatic heterocycles. The third-order valence-electron chi connectivity index (χ3n) is 2.65. The van der Waals surface area contributed by atoms with Gasteiger partial charge in [0.05, 0.1) is 18.4 Å². The van der Waals surface area contributed by atoms with E-state index in [1.54, 1.807) is 6.07 Å². The number of nitrogens with zero attached hydrogens (tertiary/aromatic N) is 2. The van der Waals surface area contributed by atoms with Crippen LogP contribution in [0.15, 0.2) is 18.2 Å². The molecule has 1 rings (SSSR count). The SMILES string of the molecule is CC(C)CN(CCC#N)c1cccc(F)c1CCl. The maximum atomic E-state index is 13.7. The van der Waals surface area contributed by atoms with Crippen LogP contribution in [0, 0.1) is 23.1 Å². The van der Waals surface area contributed by atoms with Gasteiger partial charge < -0.3 is 4.90 Å². The molecule has 0 saturated carbocycles. The lowest BCUT2D eigenvalue weighted by Crippen LogP contribution is -2.29. The molecule has 0 amide bonds. The van der Waals surface area contributed by atoms with Gasteiger partial charge in [0.1, 0.15) is 5.82 Å². The molecule has 0 fully saturated rings. The Labute approximate surface area is 113 Å². The second-order valence-electron chi connectivity index (χ2n) is 4.62. The predicted octanol–water partition coefficient (Wildman–Crippen LogP) is 3.94. The van der Waals surface area contributed by atoms with E-state index in [1.165, 1.54) is 6.07 Å². The molecule has 2 nitrogen and oxygen atoms in total. The van der Waals surface area contributed by atoms with Gasteiger partial charge in [-0.15, -0.1) is 11.6 Å². The van der Waals surface area contributed by atoms with Crippen LogP contribution in [0.3, 0.4) is 0 Å². The third kappa shape index (κ3) is 3.89. The molecule has 4 heteroatoms. The lowest BCUT2D eigenvalue weighted by Gasteiger charge is -2.27. The van der Waals surface area contributed by atoms with Crippen molar-refractivity contribution in [2.75, 3.05) is 18.0 Å². The number of anilines is 1. The number of nitriles is 1. The van der Waals surface area contributed by atoms with Gasteiger partial charge in [-0.25, -0.2) is 4.39 Å². The van der Waals surface area contributed by atoms with Gasteiger partial charge in [-0.05, 0) is 18.1 Å². The molecule has 0 aliphatic carbocycles. The van der Waals surface area contributed by atoms with E-state index in [9.17, 15) is 4.39 Å². The van der Waals surface area contributed by atoms with Gasteiger partial charge in [-0.2, -0.15) is 5.26 Å². The molecule has 0 N–H and O–H groups in total. The Morgan fingerprint density at radius 3 is 2.72 bits per heavy atom. The standard InChI is InChI=1S/C14H18ClFN2/c1-11(2)10-18(8-4-7-17)14-6-3-5-13(16)12(14)9-15/h3,5-6,11H,4,8-10H2,1-2H3. The topological polar surface area (TPSA) is 27.0 Å². The van der Waals surface area contributed by atoms with Crippen LogP contribution < -0.4 is 4.90 Å². The van der Waals surface area contributed by atoms with Gasteiger partial charge in [-0.3, -0.25) is 0 Å². The molecule has 1 aromatic rings. The van der Waals surface area contributed by atoms with Crippen molar-refractivity contribution in [2.24, 2.45) is 5.92 Å². The summed E-state index contributed by atoms with van der Waals surface area (Å²) in [6, 6.07) is 7.08. The summed E-state index contributed by atoms with van der Waals surface area (Å²) in [6.07, 6.45) is 0.422. The Kier molecular flexibility index (Phi) is 5.94. The third-order valence-corrected chi connectivity index (χ3v) is 2.91. The van der Waals surface area contributed by atoms with Crippen LogP contribution in [-0.4, -0.2) is 13.1 Å². The fourth-order valence-electron chi connectivity index (χ4n) is 1.91. The van der Waals surface area contributed by atoms with Crippen LogP contribution >= 0.6 is 11.6 Å². The first kappa shape index (κ1) is 14.8. The molecule has 0 spiro atoms. The smallest absolute Gasteiger partial charge is 0.129 e. The summed E-state index contributed by atoms with van der Waals surface area (Å²) in [4.78, 5) is 2.04. The minimum atomic E-state index is -0.284. The summed E-state index contributed by atoms with van der Waals surface area (Å²) in [6.45, 7) is 5.58. The molecular weight excluding hydrogens is 251 g/mol. The van der Waals surface area contributed by atoms with Gasteiger partial charge >= 0.3 is 0 Å². The zero-order valence-corrected chi connectivity index (χ0v) is 11.5. The molecule has 0 saturated heterocycles. The van der Waals surface area contributed by atoms with Gasteiger partial charge in [0.15, 0.2) is 0 Å². The average Bonchev–Trinajstić information content (AvgIpc) is 2.33. The van der Waals surface area contributed by atoms with Gasteiger partial charge in [-0.1, -0.05) is 19.9 Å². The van der Waals surface area contributed by atoms with Crippen molar-refractivity contribution in [3.8, 4) is 6.07 Å². The van der Waals surface area contributed by atoms with Gasteiger partial charge in [0.25, 0.3) is 0 Å². The Morgan fingerprint density at radius 1 is 1.44 bits per heavy atom. The van der Waals surface area contributed by atoms with Crippen molar-refractivity contribution in [1.82, 2.24) is 0 Å². The monoisotopic (exact) mass is 268 g/mol. The first-order chi connectivity index (χ1) is 8.60. The van der Waals surface area contributed by atoms with Crippen molar-refractivity contribution >= 4 is 17.3 Å². The van der Waals surface area contributed by atoms with Crippen molar-refractivity contribution in [3.63, 3.8) is 0 Å². The van der Waals surface area contributed by atoms with Crippen LogP contribution in [0.4, 0.5) is 10.1 Å². The zero-order valence-electron chi connectivity index (χ0n) is 10.8. The largest absolute Gasteiger partial charge is 0.370 e. The summed E-state index contributed by atoms with van der Waals surface area (Å²) < 4.78 is 13.7. The zero-order chi connectivity index (χ0) is 13.5. The Hall–Kier alpha value is -1.27. The highest BCUT2D eigenvalue weighted by molar-refractivity contribution is 6.17. The van der Waals surface area contributed by atoms with Crippen molar-refractivity contribution in [3.05, 3.63) is 29.6 Å².